The number of ether oxygens (including phenoxy) is 1. The number of halogens is 2. The summed E-state index contributed by atoms with van der Waals surface area (Å²) in [6, 6.07) is 3.98. The Morgan fingerprint density at radius 1 is 1.42 bits per heavy atom. The summed E-state index contributed by atoms with van der Waals surface area (Å²) < 4.78 is 20.4. The van der Waals surface area contributed by atoms with Crippen molar-refractivity contribution in [2.24, 2.45) is 0 Å². The van der Waals surface area contributed by atoms with Crippen molar-refractivity contribution >= 4 is 17.5 Å². The first kappa shape index (κ1) is 16.9. The first-order valence-electron chi connectivity index (χ1n) is 7.67. The van der Waals surface area contributed by atoms with Gasteiger partial charge >= 0.3 is 0 Å². The van der Waals surface area contributed by atoms with Crippen LogP contribution in [0.2, 0.25) is 5.02 Å². The first-order chi connectivity index (χ1) is 11.5. The third-order valence-corrected chi connectivity index (χ3v) is 4.47. The maximum absolute atomic E-state index is 13.3. The fourth-order valence-corrected chi connectivity index (χ4v) is 3.10. The predicted octanol–water partition coefficient (Wildman–Crippen LogP) is 2.30. The van der Waals surface area contributed by atoms with Crippen molar-refractivity contribution < 1.29 is 13.9 Å². The van der Waals surface area contributed by atoms with Crippen LogP contribution >= 0.6 is 11.6 Å². The Bertz CT molecular complexity index is 765. The molecule has 3 rings (SSSR count). The van der Waals surface area contributed by atoms with Gasteiger partial charge in [0.1, 0.15) is 18.2 Å². The highest BCUT2D eigenvalue weighted by molar-refractivity contribution is 6.31. The minimum absolute atomic E-state index is 0.0529. The Balaban J connectivity index is 1.82. The van der Waals surface area contributed by atoms with Crippen LogP contribution in [-0.2, 0) is 24.3 Å². The van der Waals surface area contributed by atoms with Crippen molar-refractivity contribution in [2.45, 2.75) is 32.5 Å². The van der Waals surface area contributed by atoms with Crippen LogP contribution in [0.4, 0.5) is 4.39 Å². The second-order valence-electron chi connectivity index (χ2n) is 5.80. The molecule has 8 heteroatoms. The minimum Gasteiger partial charge on any atom is -0.377 e. The molecule has 128 valence electrons. The summed E-state index contributed by atoms with van der Waals surface area (Å²) in [5, 5.41) is 8.29. The van der Waals surface area contributed by atoms with E-state index in [4.69, 9.17) is 16.3 Å². The average Bonchev–Trinajstić information content (AvgIpc) is 2.84. The Labute approximate surface area is 144 Å². The quantitative estimate of drug-likeness (QED) is 0.850. The second kappa shape index (κ2) is 6.86. The topological polar surface area (TPSA) is 60.3 Å². The molecule has 0 aliphatic carbocycles. The highest BCUT2D eigenvalue weighted by atomic mass is 35.5. The van der Waals surface area contributed by atoms with Gasteiger partial charge in [-0.2, -0.15) is 0 Å². The number of methoxy groups -OCH3 is 1. The van der Waals surface area contributed by atoms with Gasteiger partial charge in [-0.3, -0.25) is 4.79 Å². The number of aromatic nitrogens is 3. The van der Waals surface area contributed by atoms with Gasteiger partial charge in [0.2, 0.25) is 0 Å². The molecular formula is C16H18ClFN4O2. The van der Waals surface area contributed by atoms with Crippen molar-refractivity contribution in [3.05, 3.63) is 46.3 Å². The molecular weight excluding hydrogens is 335 g/mol. The fourth-order valence-electron chi connectivity index (χ4n) is 2.92. The Morgan fingerprint density at radius 2 is 2.21 bits per heavy atom. The number of hydrogen-bond acceptors (Lipinski definition) is 4. The monoisotopic (exact) mass is 352 g/mol. The molecule has 2 aromatic rings. The van der Waals surface area contributed by atoms with Gasteiger partial charge < -0.3 is 14.2 Å². The molecule has 0 fully saturated rings. The standard InChI is InChI=1S/C16H18ClFN4O2/c1-10-7-14-19-20-15(9-24-2)22(14)6-5-21(10)16(23)11-3-4-13(18)12(17)8-11/h3-4,8,10H,5-7,9H2,1-2H3/t10-/m1/s1. The Hall–Kier alpha value is -1.99. The van der Waals surface area contributed by atoms with Crippen LogP contribution in [0.15, 0.2) is 18.2 Å². The summed E-state index contributed by atoms with van der Waals surface area (Å²) in [7, 11) is 1.61. The number of fused-ring (bicyclic) bond motifs is 1. The van der Waals surface area contributed by atoms with Crippen LogP contribution in [0.3, 0.4) is 0 Å². The first-order valence-corrected chi connectivity index (χ1v) is 8.05. The SMILES string of the molecule is COCc1nnc2n1CCN(C(=O)c1ccc(F)c(Cl)c1)[C@H](C)C2. The molecule has 0 radical (unpaired) electrons. The van der Waals surface area contributed by atoms with Crippen molar-refractivity contribution in [1.82, 2.24) is 19.7 Å². The van der Waals surface area contributed by atoms with Gasteiger partial charge in [-0.05, 0) is 25.1 Å². The molecule has 0 bridgehead atoms. The number of hydrogen-bond donors (Lipinski definition) is 0. The highest BCUT2D eigenvalue weighted by Gasteiger charge is 2.28. The number of amides is 1. The van der Waals surface area contributed by atoms with Gasteiger partial charge in [-0.25, -0.2) is 4.39 Å². The van der Waals surface area contributed by atoms with Crippen LogP contribution in [-0.4, -0.2) is 45.3 Å². The average molecular weight is 353 g/mol. The van der Waals surface area contributed by atoms with E-state index in [0.29, 0.717) is 31.7 Å². The number of nitrogens with zero attached hydrogens (tertiary/aromatic N) is 4. The maximum Gasteiger partial charge on any atom is 0.254 e. The van der Waals surface area contributed by atoms with Crippen LogP contribution < -0.4 is 0 Å². The van der Waals surface area contributed by atoms with Gasteiger partial charge in [0.25, 0.3) is 5.91 Å². The molecule has 1 aromatic heterocycles. The van der Waals surface area contributed by atoms with Crippen LogP contribution in [0, 0.1) is 5.82 Å². The van der Waals surface area contributed by atoms with E-state index in [2.05, 4.69) is 10.2 Å². The van der Waals surface area contributed by atoms with Crippen molar-refractivity contribution in [1.29, 1.82) is 0 Å². The summed E-state index contributed by atoms with van der Waals surface area (Å²) in [6.07, 6.45) is 0.595. The van der Waals surface area contributed by atoms with Crippen molar-refractivity contribution in [2.75, 3.05) is 13.7 Å². The molecule has 1 aromatic carbocycles. The lowest BCUT2D eigenvalue weighted by molar-refractivity contribution is 0.0695. The van der Waals surface area contributed by atoms with Crippen molar-refractivity contribution in [3.8, 4) is 0 Å². The number of rotatable bonds is 3. The zero-order chi connectivity index (χ0) is 17.3. The highest BCUT2D eigenvalue weighted by Crippen LogP contribution is 2.21. The molecule has 1 amide bonds. The van der Waals surface area contributed by atoms with Gasteiger partial charge in [0, 0.05) is 38.2 Å². The molecule has 24 heavy (non-hydrogen) atoms. The number of carbonyl (C=O) groups excluding carboxylic acids is 1. The largest absolute Gasteiger partial charge is 0.377 e. The summed E-state index contributed by atoms with van der Waals surface area (Å²) in [6.45, 7) is 3.44. The summed E-state index contributed by atoms with van der Waals surface area (Å²) in [4.78, 5) is 14.5. The zero-order valence-electron chi connectivity index (χ0n) is 13.5. The lowest BCUT2D eigenvalue weighted by Gasteiger charge is -2.26. The number of carbonyl (C=O) groups is 1. The van der Waals surface area contributed by atoms with Crippen LogP contribution in [0.25, 0.3) is 0 Å². The molecule has 0 unspecified atom stereocenters. The van der Waals surface area contributed by atoms with Gasteiger partial charge in [-0.1, -0.05) is 11.6 Å². The molecule has 2 heterocycles. The second-order valence-corrected chi connectivity index (χ2v) is 6.20. The van der Waals surface area contributed by atoms with E-state index in [0.717, 1.165) is 11.6 Å². The predicted molar refractivity (Wildman–Crippen MR) is 86.3 cm³/mol. The van der Waals surface area contributed by atoms with Gasteiger partial charge in [0.15, 0.2) is 5.82 Å². The van der Waals surface area contributed by atoms with E-state index in [-0.39, 0.29) is 17.0 Å². The molecule has 1 atom stereocenters. The molecule has 0 saturated heterocycles. The molecule has 1 aliphatic heterocycles. The molecule has 0 saturated carbocycles. The van der Waals surface area contributed by atoms with Gasteiger partial charge in [-0.15, -0.1) is 10.2 Å². The molecule has 0 spiro atoms. The Kier molecular flexibility index (Phi) is 4.82. The van der Waals surface area contributed by atoms with E-state index < -0.39 is 5.82 Å². The van der Waals surface area contributed by atoms with E-state index in [1.807, 2.05) is 11.5 Å². The zero-order valence-corrected chi connectivity index (χ0v) is 14.3. The van der Waals surface area contributed by atoms with Crippen molar-refractivity contribution in [3.63, 3.8) is 0 Å². The van der Waals surface area contributed by atoms with Crippen LogP contribution in [0.1, 0.15) is 28.9 Å². The maximum atomic E-state index is 13.3. The fraction of sp³-hybridized carbons (Fsp3) is 0.438. The Morgan fingerprint density at radius 3 is 2.92 bits per heavy atom. The van der Waals surface area contributed by atoms with Gasteiger partial charge in [0.05, 0.1) is 5.02 Å². The van der Waals surface area contributed by atoms with E-state index in [1.54, 1.807) is 12.0 Å². The van der Waals surface area contributed by atoms with E-state index in [9.17, 15) is 9.18 Å². The van der Waals surface area contributed by atoms with E-state index >= 15 is 0 Å². The lowest BCUT2D eigenvalue weighted by atomic mass is 10.1. The lowest BCUT2D eigenvalue weighted by Crippen LogP contribution is -2.40. The van der Waals surface area contributed by atoms with E-state index in [1.165, 1.54) is 18.2 Å². The molecule has 0 N–H and O–H groups in total. The summed E-state index contributed by atoms with van der Waals surface area (Å²) in [5.74, 6) is 0.879. The summed E-state index contributed by atoms with van der Waals surface area (Å²) in [5.41, 5.74) is 0.378. The van der Waals surface area contributed by atoms with Crippen LogP contribution in [0.5, 0.6) is 0 Å². The molecule has 6 nitrogen and oxygen atoms in total. The third-order valence-electron chi connectivity index (χ3n) is 4.18. The molecule has 1 aliphatic rings. The minimum atomic E-state index is -0.535. The normalized spacial score (nSPS) is 17.5. The number of benzene rings is 1. The third kappa shape index (κ3) is 3.14. The smallest absolute Gasteiger partial charge is 0.254 e. The summed E-state index contributed by atoms with van der Waals surface area (Å²) >= 11 is 5.79.